The lowest BCUT2D eigenvalue weighted by molar-refractivity contribution is 1.18. The van der Waals surface area contributed by atoms with Crippen LogP contribution in [0.4, 0.5) is 0 Å². The first-order valence-electron chi connectivity index (χ1n) is 19.9. The van der Waals surface area contributed by atoms with Gasteiger partial charge in [-0.05, 0) is 121 Å². The third-order valence-corrected chi connectivity index (χ3v) is 13.1. The van der Waals surface area contributed by atoms with E-state index in [1.807, 2.05) is 11.3 Å². The van der Waals surface area contributed by atoms with Crippen molar-refractivity contribution in [3.05, 3.63) is 212 Å². The Hall–Kier alpha value is -7.26. The Morgan fingerprint density at radius 3 is 1.33 bits per heavy atom. The quantitative estimate of drug-likeness (QED) is 0.154. The van der Waals surface area contributed by atoms with E-state index < -0.39 is 0 Å². The molecule has 0 amide bonds. The summed E-state index contributed by atoms with van der Waals surface area (Å²) < 4.78 is 5.12. The maximum atomic E-state index is 2.46. The van der Waals surface area contributed by atoms with Crippen molar-refractivity contribution >= 4 is 74.9 Å². The van der Waals surface area contributed by atoms with E-state index in [4.69, 9.17) is 0 Å². The van der Waals surface area contributed by atoms with Gasteiger partial charge in [-0.2, -0.15) is 0 Å². The summed E-state index contributed by atoms with van der Waals surface area (Å²) in [4.78, 5) is 0. The van der Waals surface area contributed by atoms with Crippen LogP contribution in [-0.2, 0) is 0 Å². The smallest absolute Gasteiger partial charge is 0.0541 e. The van der Waals surface area contributed by atoms with Crippen LogP contribution < -0.4 is 0 Å². The first kappa shape index (κ1) is 32.9. The molecule has 0 spiro atoms. The monoisotopic (exact) mass is 753 g/mol. The van der Waals surface area contributed by atoms with Crippen LogP contribution in [0.5, 0.6) is 0 Å². The van der Waals surface area contributed by atoms with E-state index in [1.165, 1.54) is 108 Å². The highest BCUT2D eigenvalue weighted by molar-refractivity contribution is 7.25. The second kappa shape index (κ2) is 13.2. The van der Waals surface area contributed by atoms with Crippen LogP contribution >= 0.6 is 11.3 Å². The molecule has 0 unspecified atom stereocenters. The second-order valence-electron chi connectivity index (χ2n) is 15.2. The summed E-state index contributed by atoms with van der Waals surface area (Å²) >= 11 is 1.87. The van der Waals surface area contributed by atoms with E-state index in [9.17, 15) is 0 Å². The van der Waals surface area contributed by atoms with Gasteiger partial charge >= 0.3 is 0 Å². The van der Waals surface area contributed by atoms with Crippen molar-refractivity contribution < 1.29 is 0 Å². The molecule has 2 heteroatoms. The van der Waals surface area contributed by atoms with Crippen LogP contribution in [0.1, 0.15) is 0 Å². The zero-order chi connectivity index (χ0) is 38.2. The number of nitrogens with zero attached hydrogens (tertiary/aromatic N) is 1. The molecule has 270 valence electrons. The summed E-state index contributed by atoms with van der Waals surface area (Å²) in [5, 5.41) is 10.2. The van der Waals surface area contributed by atoms with E-state index in [2.05, 4.69) is 217 Å². The number of fused-ring (bicyclic) bond motifs is 8. The predicted octanol–water partition coefficient (Wildman–Crippen LogP) is 16.1. The van der Waals surface area contributed by atoms with Crippen LogP contribution in [0.15, 0.2) is 212 Å². The Bertz CT molecular complexity index is 3500. The number of thiophene rings is 1. The average molecular weight is 754 g/mol. The SMILES string of the molecule is c1ccc(-c2ccc3c(c2)c2cc(-c4ccc5sc6ccccc6c5c4)ccc2n3-c2cccc(-c3c4ccccc4c(-c4ccccc4)c4ccccc34)c2)cc1. The minimum atomic E-state index is 1.14. The van der Waals surface area contributed by atoms with Gasteiger partial charge in [-0.15, -0.1) is 11.3 Å². The van der Waals surface area contributed by atoms with Gasteiger partial charge < -0.3 is 4.57 Å². The minimum Gasteiger partial charge on any atom is -0.309 e. The van der Waals surface area contributed by atoms with E-state index in [0.29, 0.717) is 0 Å². The lowest BCUT2D eigenvalue weighted by atomic mass is 9.86. The Balaban J connectivity index is 1.09. The van der Waals surface area contributed by atoms with Gasteiger partial charge in [0.05, 0.1) is 11.0 Å². The fourth-order valence-electron chi connectivity index (χ4n) is 9.35. The highest BCUT2D eigenvalue weighted by Crippen LogP contribution is 2.45. The van der Waals surface area contributed by atoms with Crippen molar-refractivity contribution in [3.63, 3.8) is 0 Å². The highest BCUT2D eigenvalue weighted by atomic mass is 32.1. The van der Waals surface area contributed by atoms with Gasteiger partial charge in [0.2, 0.25) is 0 Å². The van der Waals surface area contributed by atoms with E-state index in [1.54, 1.807) is 0 Å². The zero-order valence-corrected chi connectivity index (χ0v) is 32.4. The molecule has 10 aromatic carbocycles. The van der Waals surface area contributed by atoms with Crippen LogP contribution in [0, 0.1) is 0 Å². The molecule has 12 aromatic rings. The highest BCUT2D eigenvalue weighted by Gasteiger charge is 2.19. The number of benzene rings is 10. The van der Waals surface area contributed by atoms with Crippen molar-refractivity contribution in [3.8, 4) is 50.2 Å². The summed E-state index contributed by atoms with van der Waals surface area (Å²) in [5.41, 5.74) is 13.4. The Kier molecular flexibility index (Phi) is 7.47. The van der Waals surface area contributed by atoms with Gasteiger partial charge in [0, 0.05) is 36.6 Å². The number of rotatable bonds is 5. The molecule has 12 rings (SSSR count). The average Bonchev–Trinajstić information content (AvgIpc) is 3.83. The lowest BCUT2D eigenvalue weighted by Crippen LogP contribution is -1.95. The Morgan fingerprint density at radius 1 is 0.259 bits per heavy atom. The second-order valence-corrected chi connectivity index (χ2v) is 16.3. The van der Waals surface area contributed by atoms with Crippen molar-refractivity contribution in [2.45, 2.75) is 0 Å². The Morgan fingerprint density at radius 2 is 0.707 bits per heavy atom. The summed E-state index contributed by atoms with van der Waals surface area (Å²) in [5.74, 6) is 0. The third-order valence-electron chi connectivity index (χ3n) is 12.0. The standard InChI is InChI=1S/C56H35NS/c1-3-14-36(15-4-1)38-26-29-51-48(33-38)49-34-39(40-28-31-54-50(35-40)43-20-11-12-25-53(43)58-54)27-30-52(49)57(51)42-19-13-18-41(32-42)56-46-23-9-7-21-44(46)55(37-16-5-2-6-17-37)45-22-8-10-24-47(45)56/h1-35H. The lowest BCUT2D eigenvalue weighted by Gasteiger charge is -2.18. The molecule has 0 saturated heterocycles. The fraction of sp³-hybridized carbons (Fsp3) is 0. The van der Waals surface area contributed by atoms with Crippen LogP contribution in [0.3, 0.4) is 0 Å². The summed E-state index contributed by atoms with van der Waals surface area (Å²) in [6.45, 7) is 0. The van der Waals surface area contributed by atoms with Gasteiger partial charge in [-0.1, -0.05) is 158 Å². The molecule has 58 heavy (non-hydrogen) atoms. The zero-order valence-electron chi connectivity index (χ0n) is 31.6. The number of hydrogen-bond donors (Lipinski definition) is 0. The third kappa shape index (κ3) is 5.16. The molecular weight excluding hydrogens is 719 g/mol. The van der Waals surface area contributed by atoms with Crippen LogP contribution in [0.25, 0.3) is 114 Å². The predicted molar refractivity (Wildman–Crippen MR) is 250 cm³/mol. The normalized spacial score (nSPS) is 11.8. The molecule has 1 nitrogen and oxygen atoms in total. The maximum Gasteiger partial charge on any atom is 0.0541 e. The van der Waals surface area contributed by atoms with E-state index in [0.717, 1.165) is 5.69 Å². The van der Waals surface area contributed by atoms with Crippen LogP contribution in [0.2, 0.25) is 0 Å². The molecule has 2 heterocycles. The molecule has 0 aliphatic rings. The number of aromatic nitrogens is 1. The first-order valence-corrected chi connectivity index (χ1v) is 20.7. The fourth-order valence-corrected chi connectivity index (χ4v) is 10.4. The summed E-state index contributed by atoms with van der Waals surface area (Å²) in [6, 6.07) is 78.3. The first-order chi connectivity index (χ1) is 28.8. The minimum absolute atomic E-state index is 1.14. The van der Waals surface area contributed by atoms with Gasteiger partial charge in [-0.25, -0.2) is 0 Å². The summed E-state index contributed by atoms with van der Waals surface area (Å²) in [6.07, 6.45) is 0. The van der Waals surface area contributed by atoms with Crippen molar-refractivity contribution in [1.29, 1.82) is 0 Å². The molecule has 0 aliphatic carbocycles. The molecule has 0 N–H and O–H groups in total. The molecular formula is C56H35NS. The molecule has 0 bridgehead atoms. The van der Waals surface area contributed by atoms with Gasteiger partial charge in [0.25, 0.3) is 0 Å². The Labute approximate surface area is 340 Å². The van der Waals surface area contributed by atoms with Crippen molar-refractivity contribution in [2.75, 3.05) is 0 Å². The topological polar surface area (TPSA) is 4.93 Å². The van der Waals surface area contributed by atoms with Gasteiger partial charge in [-0.3, -0.25) is 0 Å². The molecule has 2 aromatic heterocycles. The molecule has 0 fully saturated rings. The number of hydrogen-bond acceptors (Lipinski definition) is 1. The maximum absolute atomic E-state index is 2.46. The largest absolute Gasteiger partial charge is 0.309 e. The molecule has 0 atom stereocenters. The van der Waals surface area contributed by atoms with E-state index >= 15 is 0 Å². The van der Waals surface area contributed by atoms with Gasteiger partial charge in [0.1, 0.15) is 0 Å². The molecule has 0 saturated carbocycles. The molecule has 0 aliphatic heterocycles. The van der Waals surface area contributed by atoms with Gasteiger partial charge in [0.15, 0.2) is 0 Å². The van der Waals surface area contributed by atoms with E-state index in [-0.39, 0.29) is 0 Å². The van der Waals surface area contributed by atoms with Crippen molar-refractivity contribution in [2.24, 2.45) is 0 Å². The molecule has 0 radical (unpaired) electrons. The summed E-state index contributed by atoms with van der Waals surface area (Å²) in [7, 11) is 0. The van der Waals surface area contributed by atoms with Crippen LogP contribution in [-0.4, -0.2) is 4.57 Å². The van der Waals surface area contributed by atoms with Crippen molar-refractivity contribution in [1.82, 2.24) is 4.57 Å².